The van der Waals surface area contributed by atoms with Crippen molar-refractivity contribution in [1.82, 2.24) is 0 Å². The van der Waals surface area contributed by atoms with Crippen molar-refractivity contribution < 1.29 is 14.1 Å². The molecule has 0 aliphatic rings. The number of nitro benzene ring substituents is 1. The summed E-state index contributed by atoms with van der Waals surface area (Å²) in [6.07, 6.45) is 0. The van der Waals surface area contributed by atoms with E-state index < -0.39 is 10.7 Å². The average molecular weight is 282 g/mol. The van der Waals surface area contributed by atoms with Crippen molar-refractivity contribution in [3.05, 3.63) is 64.0 Å². The molecule has 0 aromatic heterocycles. The van der Waals surface area contributed by atoms with Gasteiger partial charge in [0.05, 0.1) is 4.92 Å². The fourth-order valence-electron chi connectivity index (χ4n) is 1.53. The summed E-state index contributed by atoms with van der Waals surface area (Å²) in [6.45, 7) is 0. The third-order valence-electron chi connectivity index (χ3n) is 2.37. The topological polar surface area (TPSA) is 52.4 Å². The molecule has 0 unspecified atom stereocenters. The summed E-state index contributed by atoms with van der Waals surface area (Å²) in [6, 6.07) is 9.67. The van der Waals surface area contributed by atoms with Crippen LogP contribution in [0, 0.1) is 15.9 Å². The van der Waals surface area contributed by atoms with Gasteiger partial charge in [0.1, 0.15) is 17.3 Å². The molecule has 0 amide bonds. The molecule has 0 N–H and O–H groups in total. The van der Waals surface area contributed by atoms with Gasteiger partial charge in [-0.25, -0.2) is 4.39 Å². The summed E-state index contributed by atoms with van der Waals surface area (Å²) in [5, 5.41) is 10.5. The molecule has 19 heavy (non-hydrogen) atoms. The number of halogens is 2. The lowest BCUT2D eigenvalue weighted by Crippen LogP contribution is -1.90. The van der Waals surface area contributed by atoms with Crippen LogP contribution >= 0.6 is 11.6 Å². The van der Waals surface area contributed by atoms with E-state index in [1.54, 1.807) is 6.07 Å². The molecule has 0 atom stereocenters. The standard InChI is InChI=1S/C13H9ClFNO3/c14-8-9-5-10(15)7-13(6-9)19-12-3-1-11(2-4-12)16(17)18/h1-7H,8H2. The van der Waals surface area contributed by atoms with Crippen molar-refractivity contribution in [2.24, 2.45) is 0 Å². The van der Waals surface area contributed by atoms with Gasteiger partial charge in [-0.15, -0.1) is 11.6 Å². The maximum atomic E-state index is 13.3. The smallest absolute Gasteiger partial charge is 0.269 e. The first-order chi connectivity index (χ1) is 9.08. The lowest BCUT2D eigenvalue weighted by molar-refractivity contribution is -0.384. The highest BCUT2D eigenvalue weighted by Gasteiger charge is 2.06. The van der Waals surface area contributed by atoms with Crippen molar-refractivity contribution in [2.75, 3.05) is 0 Å². The molecule has 0 spiro atoms. The Kier molecular flexibility index (Phi) is 3.97. The van der Waals surface area contributed by atoms with Gasteiger partial charge in [0.25, 0.3) is 5.69 Å². The molecule has 0 aliphatic carbocycles. The van der Waals surface area contributed by atoms with Gasteiger partial charge in [0.2, 0.25) is 0 Å². The molecule has 0 bridgehead atoms. The first-order valence-corrected chi connectivity index (χ1v) is 5.89. The van der Waals surface area contributed by atoms with Crippen molar-refractivity contribution in [2.45, 2.75) is 5.88 Å². The molecule has 98 valence electrons. The van der Waals surface area contributed by atoms with Gasteiger partial charge in [-0.2, -0.15) is 0 Å². The molecule has 2 aromatic carbocycles. The average Bonchev–Trinajstić information content (AvgIpc) is 2.38. The van der Waals surface area contributed by atoms with Crippen molar-refractivity contribution in [1.29, 1.82) is 0 Å². The monoisotopic (exact) mass is 281 g/mol. The Morgan fingerprint density at radius 1 is 1.16 bits per heavy atom. The van der Waals surface area contributed by atoms with Crippen LogP contribution in [0.2, 0.25) is 0 Å². The first-order valence-electron chi connectivity index (χ1n) is 5.36. The normalized spacial score (nSPS) is 10.2. The fourth-order valence-corrected chi connectivity index (χ4v) is 1.68. The second-order valence-electron chi connectivity index (χ2n) is 3.78. The van der Waals surface area contributed by atoms with Crippen LogP contribution in [0.5, 0.6) is 11.5 Å². The summed E-state index contributed by atoms with van der Waals surface area (Å²) < 4.78 is 18.7. The molecule has 4 nitrogen and oxygen atoms in total. The van der Waals surface area contributed by atoms with E-state index in [9.17, 15) is 14.5 Å². The Hall–Kier alpha value is -2.14. The summed E-state index contributed by atoms with van der Waals surface area (Å²) in [7, 11) is 0. The van der Waals surface area contributed by atoms with Gasteiger partial charge < -0.3 is 4.74 Å². The third-order valence-corrected chi connectivity index (χ3v) is 2.68. The summed E-state index contributed by atoms with van der Waals surface area (Å²) in [5.41, 5.74) is 0.562. The number of hydrogen-bond acceptors (Lipinski definition) is 3. The van der Waals surface area contributed by atoms with E-state index in [1.165, 1.54) is 36.4 Å². The lowest BCUT2D eigenvalue weighted by atomic mass is 10.2. The molecular weight excluding hydrogens is 273 g/mol. The maximum absolute atomic E-state index is 13.3. The number of rotatable bonds is 4. The van der Waals surface area contributed by atoms with Crippen LogP contribution in [0.1, 0.15) is 5.56 Å². The van der Waals surface area contributed by atoms with E-state index in [-0.39, 0.29) is 11.6 Å². The molecule has 0 saturated heterocycles. The van der Waals surface area contributed by atoms with E-state index in [0.29, 0.717) is 17.1 Å². The predicted molar refractivity (Wildman–Crippen MR) is 69.1 cm³/mol. The van der Waals surface area contributed by atoms with Gasteiger partial charge in [0.15, 0.2) is 0 Å². The highest BCUT2D eigenvalue weighted by Crippen LogP contribution is 2.25. The predicted octanol–water partition coefficient (Wildman–Crippen LogP) is 4.27. The zero-order chi connectivity index (χ0) is 13.8. The van der Waals surface area contributed by atoms with Gasteiger partial charge in [0, 0.05) is 24.1 Å². The Morgan fingerprint density at radius 3 is 2.42 bits per heavy atom. The molecule has 0 aliphatic heterocycles. The zero-order valence-corrected chi connectivity index (χ0v) is 10.4. The SMILES string of the molecule is O=[N+]([O-])c1ccc(Oc2cc(F)cc(CCl)c2)cc1. The largest absolute Gasteiger partial charge is 0.457 e. The van der Waals surface area contributed by atoms with E-state index in [0.717, 1.165) is 0 Å². The van der Waals surface area contributed by atoms with Crippen molar-refractivity contribution in [3.8, 4) is 11.5 Å². The van der Waals surface area contributed by atoms with E-state index in [2.05, 4.69) is 0 Å². The van der Waals surface area contributed by atoms with Crippen LogP contribution in [-0.4, -0.2) is 4.92 Å². The Morgan fingerprint density at radius 2 is 1.84 bits per heavy atom. The van der Waals surface area contributed by atoms with Crippen LogP contribution in [-0.2, 0) is 5.88 Å². The highest BCUT2D eigenvalue weighted by atomic mass is 35.5. The molecule has 2 aromatic rings. The zero-order valence-electron chi connectivity index (χ0n) is 9.68. The summed E-state index contributed by atoms with van der Waals surface area (Å²) >= 11 is 5.63. The van der Waals surface area contributed by atoms with Gasteiger partial charge in [-0.05, 0) is 29.8 Å². The van der Waals surface area contributed by atoms with Gasteiger partial charge >= 0.3 is 0 Å². The van der Waals surface area contributed by atoms with Crippen LogP contribution in [0.15, 0.2) is 42.5 Å². The summed E-state index contributed by atoms with van der Waals surface area (Å²) in [4.78, 5) is 10.00. The molecule has 0 fully saturated rings. The molecule has 0 heterocycles. The Labute approximate surface area is 113 Å². The van der Waals surface area contributed by atoms with Crippen LogP contribution in [0.25, 0.3) is 0 Å². The van der Waals surface area contributed by atoms with E-state index >= 15 is 0 Å². The maximum Gasteiger partial charge on any atom is 0.269 e. The number of ether oxygens (including phenoxy) is 1. The van der Waals surface area contributed by atoms with Crippen LogP contribution < -0.4 is 4.74 Å². The lowest BCUT2D eigenvalue weighted by Gasteiger charge is -2.07. The number of non-ortho nitro benzene ring substituents is 1. The second kappa shape index (κ2) is 5.67. The third kappa shape index (κ3) is 3.42. The minimum Gasteiger partial charge on any atom is -0.457 e. The highest BCUT2D eigenvalue weighted by molar-refractivity contribution is 6.17. The Bertz CT molecular complexity index is 601. The number of alkyl halides is 1. The number of nitro groups is 1. The van der Waals surface area contributed by atoms with Gasteiger partial charge in [-0.3, -0.25) is 10.1 Å². The number of benzene rings is 2. The number of nitrogens with zero attached hydrogens (tertiary/aromatic N) is 1. The van der Waals surface area contributed by atoms with E-state index in [4.69, 9.17) is 16.3 Å². The first kappa shape index (κ1) is 13.3. The van der Waals surface area contributed by atoms with Crippen molar-refractivity contribution >= 4 is 17.3 Å². The minimum atomic E-state index is -0.502. The fraction of sp³-hybridized carbons (Fsp3) is 0.0769. The minimum absolute atomic E-state index is 0.0342. The number of hydrogen-bond donors (Lipinski definition) is 0. The molecule has 0 saturated carbocycles. The molecule has 0 radical (unpaired) electrons. The van der Waals surface area contributed by atoms with Gasteiger partial charge in [-0.1, -0.05) is 0 Å². The van der Waals surface area contributed by atoms with Crippen LogP contribution in [0.4, 0.5) is 10.1 Å². The quantitative estimate of drug-likeness (QED) is 0.478. The summed E-state index contributed by atoms with van der Waals surface area (Å²) in [5.74, 6) is 0.408. The molecule has 6 heteroatoms. The molecule has 2 rings (SSSR count). The van der Waals surface area contributed by atoms with Crippen molar-refractivity contribution in [3.63, 3.8) is 0 Å². The Balaban J connectivity index is 2.21. The molecular formula is C13H9ClFNO3. The second-order valence-corrected chi connectivity index (χ2v) is 4.05. The van der Waals surface area contributed by atoms with E-state index in [1.807, 2.05) is 0 Å². The van der Waals surface area contributed by atoms with Crippen LogP contribution in [0.3, 0.4) is 0 Å².